The van der Waals surface area contributed by atoms with Crippen LogP contribution in [0, 0.1) is 0 Å². The molecule has 0 atom stereocenters. The molecule has 0 fully saturated rings. The second-order valence-electron chi connectivity index (χ2n) is 8.48. The van der Waals surface area contributed by atoms with Gasteiger partial charge in [0.1, 0.15) is 11.5 Å². The largest absolute Gasteiger partial charge is 0.494 e. The zero-order chi connectivity index (χ0) is 25.5. The van der Waals surface area contributed by atoms with Crippen LogP contribution in [0.5, 0.6) is 11.5 Å². The summed E-state index contributed by atoms with van der Waals surface area (Å²) >= 11 is 0. The van der Waals surface area contributed by atoms with Crippen molar-refractivity contribution in [2.45, 2.75) is 71.8 Å². The molecule has 0 unspecified atom stereocenters. The number of ether oxygens (including phenoxy) is 4. The summed E-state index contributed by atoms with van der Waals surface area (Å²) < 4.78 is 21.4. The van der Waals surface area contributed by atoms with Crippen molar-refractivity contribution in [3.05, 3.63) is 59.7 Å². The first-order chi connectivity index (χ1) is 16.9. The first-order valence-electron chi connectivity index (χ1n) is 12.3. The Kier molecular flexibility index (Phi) is 12.4. The minimum atomic E-state index is -0.496. The first kappa shape index (κ1) is 27.9. The molecule has 0 aliphatic heterocycles. The van der Waals surface area contributed by atoms with Crippen molar-refractivity contribution >= 4 is 17.9 Å². The zero-order valence-corrected chi connectivity index (χ0v) is 20.9. The predicted molar refractivity (Wildman–Crippen MR) is 133 cm³/mol. The van der Waals surface area contributed by atoms with Crippen LogP contribution in [0.2, 0.25) is 0 Å². The van der Waals surface area contributed by atoms with Crippen LogP contribution in [-0.4, -0.2) is 37.2 Å². The van der Waals surface area contributed by atoms with Gasteiger partial charge >= 0.3 is 17.9 Å². The SMILES string of the molecule is CCCCC(=O)OCCCCCCOc1ccc(C(=O)Oc2ccc(C(=O)OC(C)C)cc2)cc1. The molecule has 0 saturated heterocycles. The van der Waals surface area contributed by atoms with Crippen LogP contribution in [0.25, 0.3) is 0 Å². The average molecular weight is 485 g/mol. The van der Waals surface area contributed by atoms with Gasteiger partial charge in [0.05, 0.1) is 30.4 Å². The molecule has 0 bridgehead atoms. The molecule has 0 aromatic heterocycles. The van der Waals surface area contributed by atoms with Crippen molar-refractivity contribution in [3.8, 4) is 11.5 Å². The molecule has 0 saturated carbocycles. The van der Waals surface area contributed by atoms with E-state index in [1.807, 2.05) is 0 Å². The average Bonchev–Trinajstić information content (AvgIpc) is 2.84. The van der Waals surface area contributed by atoms with Crippen LogP contribution in [0.3, 0.4) is 0 Å². The predicted octanol–water partition coefficient (Wildman–Crippen LogP) is 6.14. The van der Waals surface area contributed by atoms with E-state index in [2.05, 4.69) is 6.92 Å². The molecule has 0 aliphatic rings. The van der Waals surface area contributed by atoms with Crippen LogP contribution < -0.4 is 9.47 Å². The van der Waals surface area contributed by atoms with Gasteiger partial charge < -0.3 is 18.9 Å². The molecule has 2 aromatic rings. The van der Waals surface area contributed by atoms with Crippen LogP contribution in [0.15, 0.2) is 48.5 Å². The summed E-state index contributed by atoms with van der Waals surface area (Å²) in [5.41, 5.74) is 0.792. The van der Waals surface area contributed by atoms with Crippen molar-refractivity contribution in [1.82, 2.24) is 0 Å². The van der Waals surface area contributed by atoms with Crippen LogP contribution >= 0.6 is 0 Å². The molecular weight excluding hydrogens is 448 g/mol. The molecule has 0 amide bonds. The van der Waals surface area contributed by atoms with Crippen molar-refractivity contribution in [3.63, 3.8) is 0 Å². The van der Waals surface area contributed by atoms with Crippen LogP contribution in [-0.2, 0) is 14.3 Å². The number of benzene rings is 2. The summed E-state index contributed by atoms with van der Waals surface area (Å²) in [6, 6.07) is 13.0. The minimum Gasteiger partial charge on any atom is -0.494 e. The Balaban J connectivity index is 1.65. The van der Waals surface area contributed by atoms with Crippen molar-refractivity contribution < 1.29 is 33.3 Å². The van der Waals surface area contributed by atoms with Gasteiger partial charge in [-0.3, -0.25) is 4.79 Å². The highest BCUT2D eigenvalue weighted by molar-refractivity contribution is 5.92. The Morgan fingerprint density at radius 3 is 1.89 bits per heavy atom. The Labute approximate surface area is 207 Å². The maximum Gasteiger partial charge on any atom is 0.343 e. The number of hydrogen-bond acceptors (Lipinski definition) is 7. The van der Waals surface area contributed by atoms with E-state index in [-0.39, 0.29) is 12.1 Å². The number of carbonyl (C=O) groups excluding carboxylic acids is 3. The van der Waals surface area contributed by atoms with E-state index in [4.69, 9.17) is 18.9 Å². The van der Waals surface area contributed by atoms with Gasteiger partial charge in [-0.2, -0.15) is 0 Å². The molecule has 0 spiro atoms. The van der Waals surface area contributed by atoms with Gasteiger partial charge in [0.15, 0.2) is 0 Å². The van der Waals surface area contributed by atoms with Gasteiger partial charge in [-0.1, -0.05) is 13.3 Å². The highest BCUT2D eigenvalue weighted by atomic mass is 16.5. The van der Waals surface area contributed by atoms with E-state index in [9.17, 15) is 14.4 Å². The lowest BCUT2D eigenvalue weighted by atomic mass is 10.2. The van der Waals surface area contributed by atoms with Crippen molar-refractivity contribution in [1.29, 1.82) is 0 Å². The normalized spacial score (nSPS) is 10.6. The summed E-state index contributed by atoms with van der Waals surface area (Å²) in [6.45, 7) is 6.67. The Bertz CT molecular complexity index is 917. The van der Waals surface area contributed by atoms with E-state index >= 15 is 0 Å². The second-order valence-corrected chi connectivity index (χ2v) is 8.48. The second kappa shape index (κ2) is 15.5. The van der Waals surface area contributed by atoms with Crippen LogP contribution in [0.1, 0.15) is 86.4 Å². The molecule has 0 radical (unpaired) electrons. The zero-order valence-electron chi connectivity index (χ0n) is 20.9. The smallest absolute Gasteiger partial charge is 0.343 e. The third kappa shape index (κ3) is 11.1. The molecule has 0 aliphatic carbocycles. The topological polar surface area (TPSA) is 88.1 Å². The molecule has 190 valence electrons. The molecule has 7 heteroatoms. The molecular formula is C28H36O7. The molecule has 7 nitrogen and oxygen atoms in total. The van der Waals surface area contributed by atoms with E-state index < -0.39 is 11.9 Å². The maximum absolute atomic E-state index is 12.4. The number of carbonyl (C=O) groups is 3. The molecule has 0 heterocycles. The number of rotatable bonds is 15. The highest BCUT2D eigenvalue weighted by Gasteiger charge is 2.12. The summed E-state index contributed by atoms with van der Waals surface area (Å²) in [7, 11) is 0. The third-order valence-corrected chi connectivity index (χ3v) is 5.04. The standard InChI is InChI=1S/C28H36O7/c1-4-5-10-26(29)33-20-9-7-6-8-19-32-24-15-11-23(12-16-24)28(31)35-25-17-13-22(14-18-25)27(30)34-21(2)3/h11-18,21H,4-10,19-20H2,1-3H3. The van der Waals surface area contributed by atoms with Gasteiger partial charge in [0, 0.05) is 6.42 Å². The maximum atomic E-state index is 12.4. The van der Waals surface area contributed by atoms with Crippen LogP contribution in [0.4, 0.5) is 0 Å². The number of unbranched alkanes of at least 4 members (excludes halogenated alkanes) is 4. The molecule has 35 heavy (non-hydrogen) atoms. The summed E-state index contributed by atoms with van der Waals surface area (Å²) in [6.07, 6.45) is 5.91. The van der Waals surface area contributed by atoms with Gasteiger partial charge in [-0.15, -0.1) is 0 Å². The molecule has 2 rings (SSSR count). The number of esters is 3. The number of hydrogen-bond donors (Lipinski definition) is 0. The van der Waals surface area contributed by atoms with Gasteiger partial charge in [0.25, 0.3) is 0 Å². The van der Waals surface area contributed by atoms with Crippen molar-refractivity contribution in [2.24, 2.45) is 0 Å². The fourth-order valence-electron chi connectivity index (χ4n) is 3.12. The van der Waals surface area contributed by atoms with E-state index in [0.717, 1.165) is 38.5 Å². The van der Waals surface area contributed by atoms with E-state index in [1.165, 1.54) is 0 Å². The van der Waals surface area contributed by atoms with Gasteiger partial charge in [-0.25, -0.2) is 9.59 Å². The minimum absolute atomic E-state index is 0.107. The molecule has 0 N–H and O–H groups in total. The van der Waals surface area contributed by atoms with E-state index in [1.54, 1.807) is 62.4 Å². The fraction of sp³-hybridized carbons (Fsp3) is 0.464. The summed E-state index contributed by atoms with van der Waals surface area (Å²) in [5.74, 6) is -0.00286. The Hall–Kier alpha value is -3.35. The quantitative estimate of drug-likeness (QED) is 0.170. The van der Waals surface area contributed by atoms with E-state index in [0.29, 0.717) is 42.3 Å². The first-order valence-corrected chi connectivity index (χ1v) is 12.3. The Morgan fingerprint density at radius 2 is 1.29 bits per heavy atom. The van der Waals surface area contributed by atoms with Crippen molar-refractivity contribution in [2.75, 3.05) is 13.2 Å². The summed E-state index contributed by atoms with van der Waals surface area (Å²) in [5, 5.41) is 0. The molecule has 2 aromatic carbocycles. The van der Waals surface area contributed by atoms with Gasteiger partial charge in [0.2, 0.25) is 0 Å². The lowest BCUT2D eigenvalue weighted by Crippen LogP contribution is -2.12. The monoisotopic (exact) mass is 484 g/mol. The fourth-order valence-corrected chi connectivity index (χ4v) is 3.12. The highest BCUT2D eigenvalue weighted by Crippen LogP contribution is 2.18. The summed E-state index contributed by atoms with van der Waals surface area (Å²) in [4.78, 5) is 35.7. The third-order valence-electron chi connectivity index (χ3n) is 5.04. The van der Waals surface area contributed by atoms with Gasteiger partial charge in [-0.05, 0) is 94.5 Å². The Morgan fingerprint density at radius 1 is 0.714 bits per heavy atom. The lowest BCUT2D eigenvalue weighted by Gasteiger charge is -2.09. The lowest BCUT2D eigenvalue weighted by molar-refractivity contribution is -0.143.